The first-order valence-corrected chi connectivity index (χ1v) is 21.6. The second-order valence-electron chi connectivity index (χ2n) is 18.1. The van der Waals surface area contributed by atoms with Crippen LogP contribution in [-0.4, -0.2) is 111 Å². The molecule has 1 saturated heterocycles. The number of urea groups is 1. The molecular formula is C39H66N6O7S. The van der Waals surface area contributed by atoms with Gasteiger partial charge in [0, 0.05) is 51.7 Å². The van der Waals surface area contributed by atoms with Gasteiger partial charge in [0.15, 0.2) is 0 Å². The lowest BCUT2D eigenvalue weighted by molar-refractivity contribution is -0.145. The minimum atomic E-state index is -4.09. The summed E-state index contributed by atoms with van der Waals surface area (Å²) >= 11 is 0. The molecule has 53 heavy (non-hydrogen) atoms. The molecular weight excluding hydrogens is 697 g/mol. The number of Topliss-reactive ketones (excluding diaryl/α,β-unsaturated/α-hetero) is 1. The fourth-order valence-corrected chi connectivity index (χ4v) is 8.81. The molecule has 1 aliphatic heterocycles. The van der Waals surface area contributed by atoms with E-state index in [0.717, 1.165) is 25.7 Å². The molecule has 2 saturated carbocycles. The number of carbonyl (C=O) groups excluding carboxylic acids is 5. The number of likely N-dealkylation sites (tertiary alicyclic amines) is 1. The van der Waals surface area contributed by atoms with Gasteiger partial charge >= 0.3 is 6.03 Å². The van der Waals surface area contributed by atoms with E-state index in [1.165, 1.54) is 29.9 Å². The van der Waals surface area contributed by atoms with Crippen molar-refractivity contribution < 1.29 is 32.7 Å². The molecule has 1 heterocycles. The molecule has 13 nitrogen and oxygen atoms in total. The molecule has 0 bridgehead atoms. The predicted octanol–water partition coefficient (Wildman–Crippen LogP) is 3.47. The summed E-state index contributed by atoms with van der Waals surface area (Å²) in [6, 6.07) is -4.23. The van der Waals surface area contributed by atoms with E-state index in [4.69, 9.17) is 6.42 Å². The Morgan fingerprint density at radius 2 is 1.68 bits per heavy atom. The second kappa shape index (κ2) is 16.6. The number of nitrogens with zero attached hydrogens (tertiary/aromatic N) is 2. The quantitative estimate of drug-likeness (QED) is 0.0964. The monoisotopic (exact) mass is 762 g/mol. The molecule has 0 aromatic heterocycles. The van der Waals surface area contributed by atoms with Gasteiger partial charge in [-0.15, -0.1) is 28.5 Å². The number of rotatable bonds is 15. The van der Waals surface area contributed by atoms with E-state index in [1.807, 2.05) is 27.7 Å². The van der Waals surface area contributed by atoms with Crippen molar-refractivity contribution in [2.75, 3.05) is 39.2 Å². The topological polar surface area (TPSA) is 177 Å². The number of nitrogens with one attached hydrogen (secondary N) is 4. The van der Waals surface area contributed by atoms with Crippen molar-refractivity contribution >= 4 is 39.1 Å². The molecule has 0 spiro atoms. The summed E-state index contributed by atoms with van der Waals surface area (Å²) in [5.41, 5.74) is -1.28. The van der Waals surface area contributed by atoms with Crippen LogP contribution in [0.1, 0.15) is 99.3 Å². The Bertz CT molecular complexity index is 1510. The highest BCUT2D eigenvalue weighted by Gasteiger charge is 2.58. The summed E-state index contributed by atoms with van der Waals surface area (Å²) in [6.07, 6.45) is 15.4. The standard InChI is InChI=1S/C39H66N6O7S/c1-12-14-18-28(31(46)34(48)40-23-13-2)41-33(47)30-26-19-22-38(6,7)27(26)24-45(30)35(49)32(39(8)20-16-15-17-21-39)43-36(50)42-29(37(3,4)5)25-44(9)53(10,11,51)52/h1,13,26-30,32H,2,14-25H2,3-11H3,(H,40,48)(H,41,47)(H,51,52)(H2,42,43,50)/t26-,27-,28?,29+,30-,32+/m0/s1. The van der Waals surface area contributed by atoms with E-state index in [9.17, 15) is 27.9 Å². The van der Waals surface area contributed by atoms with Crippen molar-refractivity contribution in [2.24, 2.45) is 28.1 Å². The maximum atomic E-state index is 15.1. The van der Waals surface area contributed by atoms with Crippen LogP contribution < -0.4 is 21.3 Å². The summed E-state index contributed by atoms with van der Waals surface area (Å²) in [5.74, 6) is -0.288. The largest absolute Gasteiger partial charge is 0.346 e. The zero-order chi connectivity index (χ0) is 40.2. The minimum Gasteiger partial charge on any atom is -0.346 e. The molecule has 0 radical (unpaired) electrons. The Kier molecular flexibility index (Phi) is 13.8. The summed E-state index contributed by atoms with van der Waals surface area (Å²) in [7, 11) is -2.55. The van der Waals surface area contributed by atoms with Gasteiger partial charge < -0.3 is 26.2 Å². The maximum Gasteiger partial charge on any atom is 0.315 e. The van der Waals surface area contributed by atoms with Gasteiger partial charge in [-0.05, 0) is 60.2 Å². The number of terminal acetylenes is 1. The highest BCUT2D eigenvalue weighted by molar-refractivity contribution is 8.11. The number of carbonyl (C=O) groups is 5. The predicted molar refractivity (Wildman–Crippen MR) is 209 cm³/mol. The highest BCUT2D eigenvalue weighted by atomic mass is 32.3. The van der Waals surface area contributed by atoms with Gasteiger partial charge in [0.1, 0.15) is 12.1 Å². The molecule has 0 aromatic carbocycles. The van der Waals surface area contributed by atoms with E-state index in [0.29, 0.717) is 25.8 Å². The Morgan fingerprint density at radius 3 is 2.23 bits per heavy atom. The number of fused-ring (bicyclic) bond motifs is 1. The lowest BCUT2D eigenvalue weighted by atomic mass is 9.70. The fraction of sp³-hybridized carbons (Fsp3) is 0.769. The molecule has 2 aliphatic carbocycles. The van der Waals surface area contributed by atoms with Crippen LogP contribution in [0.15, 0.2) is 12.7 Å². The first-order valence-electron chi connectivity index (χ1n) is 19.0. The minimum absolute atomic E-state index is 0.00288. The van der Waals surface area contributed by atoms with Crippen LogP contribution in [0.25, 0.3) is 0 Å². The van der Waals surface area contributed by atoms with Gasteiger partial charge in [0.05, 0.1) is 6.04 Å². The molecule has 1 unspecified atom stereocenters. The highest BCUT2D eigenvalue weighted by Crippen LogP contribution is 2.53. The molecule has 3 aliphatic rings. The van der Waals surface area contributed by atoms with Crippen molar-refractivity contribution in [1.82, 2.24) is 30.5 Å². The Hall–Kier alpha value is -3.28. The van der Waals surface area contributed by atoms with Crippen LogP contribution >= 0.6 is 0 Å². The van der Waals surface area contributed by atoms with Crippen molar-refractivity contribution in [3.63, 3.8) is 0 Å². The van der Waals surface area contributed by atoms with Gasteiger partial charge in [-0.3, -0.25) is 23.7 Å². The SMILES string of the molecule is C#CCCC(NC(=O)[C@@H]1[C@H]2CCC(C)(C)[C@H]2CN1C(=O)[C@@H](NC(=O)N[C@H](CN(C)S(C)(C)(=O)O)C(C)(C)C)C1(C)CCCCC1)C(=O)C(=O)NCC=C. The lowest BCUT2D eigenvalue weighted by Gasteiger charge is -2.46. The Balaban J connectivity index is 1.99. The van der Waals surface area contributed by atoms with E-state index in [2.05, 4.69) is 47.6 Å². The van der Waals surface area contributed by atoms with Crippen LogP contribution in [0.4, 0.5) is 4.79 Å². The third-order valence-electron chi connectivity index (χ3n) is 12.1. The second-order valence-corrected chi connectivity index (χ2v) is 22.1. The van der Waals surface area contributed by atoms with Gasteiger partial charge in [-0.2, -0.15) is 4.21 Å². The number of likely N-dealkylation sites (N-methyl/N-ethyl adjacent to an activating group) is 1. The van der Waals surface area contributed by atoms with E-state index < -0.39 is 68.2 Å². The van der Waals surface area contributed by atoms with Crippen molar-refractivity contribution in [1.29, 1.82) is 0 Å². The molecule has 6 atom stereocenters. The number of hydrogen-bond donors (Lipinski definition) is 5. The first kappa shape index (κ1) is 44.1. The van der Waals surface area contributed by atoms with Crippen molar-refractivity contribution in [3.8, 4) is 12.3 Å². The molecule has 3 fully saturated rings. The van der Waals surface area contributed by atoms with Gasteiger partial charge in [-0.1, -0.05) is 66.9 Å². The third kappa shape index (κ3) is 10.9. The van der Waals surface area contributed by atoms with Crippen molar-refractivity contribution in [3.05, 3.63) is 12.7 Å². The smallest absolute Gasteiger partial charge is 0.315 e. The van der Waals surface area contributed by atoms with E-state index in [-0.39, 0.29) is 49.1 Å². The lowest BCUT2D eigenvalue weighted by Crippen LogP contribution is -2.63. The summed E-state index contributed by atoms with van der Waals surface area (Å²) in [5, 5.41) is 11.3. The maximum absolute atomic E-state index is 15.1. The van der Waals surface area contributed by atoms with Gasteiger partial charge in [0.25, 0.3) is 5.91 Å². The third-order valence-corrected chi connectivity index (χ3v) is 14.0. The Labute approximate surface area is 317 Å². The fourth-order valence-electron chi connectivity index (χ4n) is 8.23. The number of amides is 5. The van der Waals surface area contributed by atoms with Crippen LogP contribution in [-0.2, 0) is 28.7 Å². The van der Waals surface area contributed by atoms with E-state index >= 15 is 4.79 Å². The average Bonchev–Trinajstić information content (AvgIpc) is 3.59. The van der Waals surface area contributed by atoms with Gasteiger partial charge in [-0.25, -0.2) is 9.10 Å². The molecule has 0 aromatic rings. The number of hydrogen-bond acceptors (Lipinski definition) is 6. The molecule has 14 heteroatoms. The van der Waals surface area contributed by atoms with E-state index in [1.54, 1.807) is 4.90 Å². The average molecular weight is 763 g/mol. The zero-order valence-corrected chi connectivity index (χ0v) is 34.3. The summed E-state index contributed by atoms with van der Waals surface area (Å²) in [6.45, 7) is 16.1. The first-order chi connectivity index (χ1) is 24.3. The summed E-state index contributed by atoms with van der Waals surface area (Å²) in [4.78, 5) is 70.9. The van der Waals surface area contributed by atoms with Crippen LogP contribution in [0.2, 0.25) is 0 Å². The molecule has 5 amide bonds. The zero-order valence-electron chi connectivity index (χ0n) is 33.5. The molecule has 300 valence electrons. The molecule has 3 rings (SSSR count). The Morgan fingerprint density at radius 1 is 1.06 bits per heavy atom. The van der Waals surface area contributed by atoms with Crippen LogP contribution in [0, 0.1) is 40.4 Å². The molecule has 5 N–H and O–H groups in total. The summed E-state index contributed by atoms with van der Waals surface area (Å²) < 4.78 is 24.9. The normalized spacial score (nSPS) is 24.7. The van der Waals surface area contributed by atoms with Crippen molar-refractivity contribution in [2.45, 2.75) is 123 Å². The number of ketones is 1. The van der Waals surface area contributed by atoms with Crippen LogP contribution in [0.3, 0.4) is 0 Å². The van der Waals surface area contributed by atoms with Gasteiger partial charge in [0.2, 0.25) is 17.6 Å². The van der Waals surface area contributed by atoms with Crippen LogP contribution in [0.5, 0.6) is 0 Å².